The molecule has 2 nitrogen and oxygen atoms in total. The van der Waals surface area contributed by atoms with Crippen molar-refractivity contribution in [2.24, 2.45) is 5.92 Å². The second kappa shape index (κ2) is 9.09. The molecule has 1 aliphatic rings. The van der Waals surface area contributed by atoms with Crippen LogP contribution in [0.2, 0.25) is 0 Å². The summed E-state index contributed by atoms with van der Waals surface area (Å²) in [5.74, 6) is 1.37. The van der Waals surface area contributed by atoms with Gasteiger partial charge in [-0.05, 0) is 24.3 Å². The molecule has 21 heavy (non-hydrogen) atoms. The normalized spacial score (nSPS) is 17.4. The van der Waals surface area contributed by atoms with E-state index in [0.29, 0.717) is 12.3 Å². The van der Waals surface area contributed by atoms with E-state index in [1.165, 1.54) is 37.7 Å². The Hall–Kier alpha value is -1.02. The van der Waals surface area contributed by atoms with Crippen molar-refractivity contribution in [3.8, 4) is 0 Å². The lowest BCUT2D eigenvalue weighted by molar-refractivity contribution is -0.122. The molecular formula is C18H26ClNO. The number of hydrogen-bond acceptors (Lipinski definition) is 1. The maximum absolute atomic E-state index is 12.1. The third-order valence-corrected chi connectivity index (χ3v) is 4.75. The fourth-order valence-corrected chi connectivity index (χ4v) is 3.34. The highest BCUT2D eigenvalue weighted by molar-refractivity contribution is 6.18. The number of benzene rings is 1. The Morgan fingerprint density at radius 2 is 1.90 bits per heavy atom. The Morgan fingerprint density at radius 3 is 2.57 bits per heavy atom. The lowest BCUT2D eigenvalue weighted by Crippen LogP contribution is -2.37. The van der Waals surface area contributed by atoms with E-state index < -0.39 is 0 Å². The first-order valence-electron chi connectivity index (χ1n) is 8.17. The van der Waals surface area contributed by atoms with Crippen LogP contribution in [0.4, 0.5) is 0 Å². The van der Waals surface area contributed by atoms with Crippen molar-refractivity contribution in [3.05, 3.63) is 35.9 Å². The smallest absolute Gasteiger partial charge is 0.220 e. The summed E-state index contributed by atoms with van der Waals surface area (Å²) in [4.78, 5) is 12.1. The zero-order valence-electron chi connectivity index (χ0n) is 12.7. The summed E-state index contributed by atoms with van der Waals surface area (Å²) in [6, 6.07) is 10.2. The fraction of sp³-hybridized carbons (Fsp3) is 0.611. The van der Waals surface area contributed by atoms with E-state index in [1.54, 1.807) is 0 Å². The largest absolute Gasteiger partial charge is 0.352 e. The Morgan fingerprint density at radius 1 is 1.19 bits per heavy atom. The van der Waals surface area contributed by atoms with Crippen LogP contribution in [-0.2, 0) is 11.2 Å². The predicted molar refractivity (Wildman–Crippen MR) is 88.6 cm³/mol. The summed E-state index contributed by atoms with van der Waals surface area (Å²) in [5, 5.41) is 3.08. The Bertz CT molecular complexity index is 414. The Labute approximate surface area is 133 Å². The fourth-order valence-electron chi connectivity index (χ4n) is 3.15. The first kappa shape index (κ1) is 16.4. The Kier molecular flexibility index (Phi) is 7.08. The molecule has 1 aromatic carbocycles. The number of rotatable bonds is 7. The van der Waals surface area contributed by atoms with Crippen LogP contribution in [0.1, 0.15) is 50.5 Å². The molecule has 1 unspecified atom stereocenters. The first-order valence-corrected chi connectivity index (χ1v) is 8.70. The highest BCUT2D eigenvalue weighted by Crippen LogP contribution is 2.27. The van der Waals surface area contributed by atoms with Crippen molar-refractivity contribution < 1.29 is 4.79 Å². The molecule has 1 saturated carbocycles. The van der Waals surface area contributed by atoms with Crippen molar-refractivity contribution in [1.29, 1.82) is 0 Å². The number of amides is 1. The summed E-state index contributed by atoms with van der Waals surface area (Å²) in [7, 11) is 0. The summed E-state index contributed by atoms with van der Waals surface area (Å²) in [6.45, 7) is 0. The van der Waals surface area contributed by atoms with Crippen LogP contribution >= 0.6 is 11.6 Å². The van der Waals surface area contributed by atoms with Crippen molar-refractivity contribution in [3.63, 3.8) is 0 Å². The molecular weight excluding hydrogens is 282 g/mol. The molecule has 0 spiro atoms. The van der Waals surface area contributed by atoms with Gasteiger partial charge in [0.05, 0.1) is 0 Å². The predicted octanol–water partition coefficient (Wildman–Crippen LogP) is 4.31. The SMILES string of the molecule is O=C(CCC1CCCCC1)NC(CCl)Cc1ccccc1. The van der Waals surface area contributed by atoms with E-state index in [-0.39, 0.29) is 11.9 Å². The van der Waals surface area contributed by atoms with Crippen LogP contribution in [0, 0.1) is 5.92 Å². The van der Waals surface area contributed by atoms with Gasteiger partial charge in [-0.3, -0.25) is 4.79 Å². The lowest BCUT2D eigenvalue weighted by atomic mass is 9.86. The van der Waals surface area contributed by atoms with Crippen molar-refractivity contribution in [1.82, 2.24) is 5.32 Å². The minimum absolute atomic E-state index is 0.0351. The average molecular weight is 308 g/mol. The number of carbonyl (C=O) groups excluding carboxylic acids is 1. The van der Waals surface area contributed by atoms with Crippen LogP contribution in [0.5, 0.6) is 0 Å². The van der Waals surface area contributed by atoms with Crippen LogP contribution < -0.4 is 5.32 Å². The molecule has 1 aromatic rings. The molecule has 1 aliphatic carbocycles. The lowest BCUT2D eigenvalue weighted by Gasteiger charge is -2.22. The van der Waals surface area contributed by atoms with Gasteiger partial charge >= 0.3 is 0 Å². The number of halogens is 1. The quantitative estimate of drug-likeness (QED) is 0.747. The third kappa shape index (κ3) is 6.09. The van der Waals surface area contributed by atoms with Gasteiger partial charge in [0.2, 0.25) is 5.91 Å². The van der Waals surface area contributed by atoms with E-state index in [2.05, 4.69) is 17.4 Å². The van der Waals surface area contributed by atoms with Gasteiger partial charge in [-0.1, -0.05) is 62.4 Å². The molecule has 0 saturated heterocycles. The zero-order valence-corrected chi connectivity index (χ0v) is 13.4. The second-order valence-corrected chi connectivity index (χ2v) is 6.46. The molecule has 0 bridgehead atoms. The number of hydrogen-bond donors (Lipinski definition) is 1. The molecule has 0 aromatic heterocycles. The van der Waals surface area contributed by atoms with Gasteiger partial charge in [0.1, 0.15) is 0 Å². The summed E-state index contributed by atoms with van der Waals surface area (Å²) in [5.41, 5.74) is 1.22. The van der Waals surface area contributed by atoms with Gasteiger partial charge in [0, 0.05) is 18.3 Å². The van der Waals surface area contributed by atoms with Crippen molar-refractivity contribution in [2.75, 3.05) is 5.88 Å². The molecule has 3 heteroatoms. The van der Waals surface area contributed by atoms with Gasteiger partial charge in [0.25, 0.3) is 0 Å². The van der Waals surface area contributed by atoms with Crippen molar-refractivity contribution >= 4 is 17.5 Å². The molecule has 0 heterocycles. The standard InChI is InChI=1S/C18H26ClNO/c19-14-17(13-16-9-5-2-6-10-16)20-18(21)12-11-15-7-3-1-4-8-15/h2,5-6,9-10,15,17H,1,3-4,7-8,11-14H2,(H,20,21). The minimum Gasteiger partial charge on any atom is -0.352 e. The van der Waals surface area contributed by atoms with Gasteiger partial charge in [-0.25, -0.2) is 0 Å². The van der Waals surface area contributed by atoms with Gasteiger partial charge < -0.3 is 5.32 Å². The number of nitrogens with one attached hydrogen (secondary N) is 1. The van der Waals surface area contributed by atoms with E-state index in [4.69, 9.17) is 11.6 Å². The van der Waals surface area contributed by atoms with Gasteiger partial charge in [-0.2, -0.15) is 0 Å². The average Bonchev–Trinajstić information content (AvgIpc) is 2.54. The maximum Gasteiger partial charge on any atom is 0.220 e. The highest BCUT2D eigenvalue weighted by atomic mass is 35.5. The molecule has 1 amide bonds. The highest BCUT2D eigenvalue weighted by Gasteiger charge is 2.16. The molecule has 1 fully saturated rings. The Balaban J connectivity index is 1.71. The van der Waals surface area contributed by atoms with E-state index in [9.17, 15) is 4.79 Å². The maximum atomic E-state index is 12.1. The number of alkyl halides is 1. The summed E-state index contributed by atoms with van der Waals surface area (Å²) in [6.07, 6.45) is 9.13. The third-order valence-electron chi connectivity index (χ3n) is 4.38. The van der Waals surface area contributed by atoms with E-state index in [0.717, 1.165) is 18.8 Å². The first-order chi connectivity index (χ1) is 10.3. The van der Waals surface area contributed by atoms with Gasteiger partial charge in [0.15, 0.2) is 0 Å². The number of carbonyl (C=O) groups is 1. The zero-order chi connectivity index (χ0) is 14.9. The monoisotopic (exact) mass is 307 g/mol. The molecule has 116 valence electrons. The molecule has 1 atom stereocenters. The van der Waals surface area contributed by atoms with Crippen LogP contribution in [0.15, 0.2) is 30.3 Å². The van der Waals surface area contributed by atoms with Crippen LogP contribution in [0.25, 0.3) is 0 Å². The van der Waals surface area contributed by atoms with Crippen LogP contribution in [0.3, 0.4) is 0 Å². The minimum atomic E-state index is 0.0351. The molecule has 0 aliphatic heterocycles. The van der Waals surface area contributed by atoms with Crippen molar-refractivity contribution in [2.45, 2.75) is 57.4 Å². The molecule has 0 radical (unpaired) electrons. The summed E-state index contributed by atoms with van der Waals surface area (Å²) >= 11 is 6.00. The molecule has 1 N–H and O–H groups in total. The van der Waals surface area contributed by atoms with E-state index in [1.807, 2.05) is 18.2 Å². The topological polar surface area (TPSA) is 29.1 Å². The second-order valence-electron chi connectivity index (χ2n) is 6.15. The summed E-state index contributed by atoms with van der Waals surface area (Å²) < 4.78 is 0. The van der Waals surface area contributed by atoms with Crippen LogP contribution in [-0.4, -0.2) is 17.8 Å². The van der Waals surface area contributed by atoms with E-state index >= 15 is 0 Å². The molecule has 2 rings (SSSR count). The van der Waals surface area contributed by atoms with Gasteiger partial charge in [-0.15, -0.1) is 11.6 Å².